The van der Waals surface area contributed by atoms with Gasteiger partial charge in [-0.05, 0) is 12.8 Å². The largest absolute Gasteiger partial charge is 0.376 e. The first-order chi connectivity index (χ1) is 7.35. The van der Waals surface area contributed by atoms with Crippen molar-refractivity contribution >= 4 is 6.29 Å². The summed E-state index contributed by atoms with van der Waals surface area (Å²) in [5.41, 5.74) is 0.546. The molecule has 0 aromatic heterocycles. The summed E-state index contributed by atoms with van der Waals surface area (Å²) in [6.07, 6.45) is 9.90. The van der Waals surface area contributed by atoms with Crippen molar-refractivity contribution < 1.29 is 14.3 Å². The van der Waals surface area contributed by atoms with Gasteiger partial charge in [-0.2, -0.15) is 0 Å². The molecule has 0 aromatic rings. The lowest BCUT2D eigenvalue weighted by Crippen LogP contribution is -2.45. The standard InChI is InChI=1S/C12H16O3/c13-9-12(10-14-6-7-15-12)8-11-4-2-1-3-5-11/h1-2,4,9H,3,5-8,10H2. The molecule has 0 saturated carbocycles. The van der Waals surface area contributed by atoms with Crippen molar-refractivity contribution in [2.75, 3.05) is 19.8 Å². The molecule has 3 nitrogen and oxygen atoms in total. The lowest BCUT2D eigenvalue weighted by Gasteiger charge is -2.33. The Morgan fingerprint density at radius 3 is 3.00 bits per heavy atom. The van der Waals surface area contributed by atoms with E-state index in [2.05, 4.69) is 12.2 Å². The van der Waals surface area contributed by atoms with Crippen LogP contribution in [-0.4, -0.2) is 31.7 Å². The molecule has 0 aromatic carbocycles. The van der Waals surface area contributed by atoms with Crippen LogP contribution in [0.3, 0.4) is 0 Å². The van der Waals surface area contributed by atoms with Gasteiger partial charge in [-0.15, -0.1) is 0 Å². The molecule has 1 aliphatic heterocycles. The summed E-state index contributed by atoms with van der Waals surface area (Å²) in [7, 11) is 0. The van der Waals surface area contributed by atoms with Crippen LogP contribution in [0.25, 0.3) is 0 Å². The predicted octanol–water partition coefficient (Wildman–Crippen LogP) is 1.64. The van der Waals surface area contributed by atoms with Gasteiger partial charge in [0, 0.05) is 6.42 Å². The van der Waals surface area contributed by atoms with Crippen LogP contribution in [0.4, 0.5) is 0 Å². The Labute approximate surface area is 89.8 Å². The molecule has 82 valence electrons. The number of rotatable bonds is 3. The van der Waals surface area contributed by atoms with Crippen molar-refractivity contribution in [2.24, 2.45) is 0 Å². The number of carbonyl (C=O) groups is 1. The van der Waals surface area contributed by atoms with Gasteiger partial charge in [0.2, 0.25) is 0 Å². The first-order valence-corrected chi connectivity index (χ1v) is 5.37. The van der Waals surface area contributed by atoms with Gasteiger partial charge in [0.15, 0.2) is 6.29 Å². The summed E-state index contributed by atoms with van der Waals surface area (Å²) in [5.74, 6) is 0. The van der Waals surface area contributed by atoms with E-state index in [1.54, 1.807) is 0 Å². The second kappa shape index (κ2) is 4.73. The first-order valence-electron chi connectivity index (χ1n) is 5.37. The highest BCUT2D eigenvalue weighted by molar-refractivity contribution is 5.64. The van der Waals surface area contributed by atoms with Crippen LogP contribution in [0.2, 0.25) is 0 Å². The van der Waals surface area contributed by atoms with Gasteiger partial charge < -0.3 is 14.3 Å². The SMILES string of the molecule is O=CC1(CC2=CC=CCC2)COCCO1. The van der Waals surface area contributed by atoms with Crippen LogP contribution < -0.4 is 0 Å². The van der Waals surface area contributed by atoms with Crippen LogP contribution in [0, 0.1) is 0 Å². The molecule has 2 rings (SSSR count). The van der Waals surface area contributed by atoms with E-state index >= 15 is 0 Å². The van der Waals surface area contributed by atoms with E-state index in [4.69, 9.17) is 9.47 Å². The fourth-order valence-corrected chi connectivity index (χ4v) is 1.99. The molecule has 15 heavy (non-hydrogen) atoms. The highest BCUT2D eigenvalue weighted by Gasteiger charge is 2.34. The second-order valence-corrected chi connectivity index (χ2v) is 4.05. The van der Waals surface area contributed by atoms with Crippen molar-refractivity contribution in [2.45, 2.75) is 24.9 Å². The first kappa shape index (κ1) is 10.6. The summed E-state index contributed by atoms with van der Waals surface area (Å²) < 4.78 is 10.9. The van der Waals surface area contributed by atoms with Crippen LogP contribution >= 0.6 is 0 Å². The molecule has 3 heteroatoms. The molecule has 0 N–H and O–H groups in total. The minimum atomic E-state index is -0.727. The molecule has 0 bridgehead atoms. The van der Waals surface area contributed by atoms with Gasteiger partial charge in [0.05, 0.1) is 19.8 Å². The van der Waals surface area contributed by atoms with Gasteiger partial charge in [0.25, 0.3) is 0 Å². The highest BCUT2D eigenvalue weighted by Crippen LogP contribution is 2.26. The van der Waals surface area contributed by atoms with Crippen LogP contribution in [0.1, 0.15) is 19.3 Å². The third-order valence-corrected chi connectivity index (χ3v) is 2.80. The normalized spacial score (nSPS) is 31.1. The van der Waals surface area contributed by atoms with E-state index < -0.39 is 5.60 Å². The third kappa shape index (κ3) is 2.55. The molecule has 0 amide bonds. The van der Waals surface area contributed by atoms with E-state index in [-0.39, 0.29) is 0 Å². The minimum absolute atomic E-state index is 0.386. The molecule has 1 atom stereocenters. The minimum Gasteiger partial charge on any atom is -0.376 e. The Kier molecular flexibility index (Phi) is 3.34. The van der Waals surface area contributed by atoms with Crippen molar-refractivity contribution in [3.63, 3.8) is 0 Å². The molecule has 1 unspecified atom stereocenters. The second-order valence-electron chi connectivity index (χ2n) is 4.05. The van der Waals surface area contributed by atoms with Gasteiger partial charge >= 0.3 is 0 Å². The van der Waals surface area contributed by atoms with E-state index in [9.17, 15) is 4.79 Å². The summed E-state index contributed by atoms with van der Waals surface area (Å²) in [6, 6.07) is 0. The van der Waals surface area contributed by atoms with Gasteiger partial charge in [0.1, 0.15) is 5.60 Å². The Morgan fingerprint density at radius 2 is 2.40 bits per heavy atom. The number of aldehydes is 1. The summed E-state index contributed by atoms with van der Waals surface area (Å²) in [5, 5.41) is 0. The molecule has 0 spiro atoms. The van der Waals surface area contributed by atoms with Crippen LogP contribution in [0.5, 0.6) is 0 Å². The van der Waals surface area contributed by atoms with E-state index in [1.807, 2.05) is 6.08 Å². The molecule has 0 radical (unpaired) electrons. The number of allylic oxidation sites excluding steroid dienone is 3. The quantitative estimate of drug-likeness (QED) is 0.661. The Balaban J connectivity index is 2.03. The monoisotopic (exact) mass is 208 g/mol. The number of hydrogen-bond donors (Lipinski definition) is 0. The molecular weight excluding hydrogens is 192 g/mol. The average molecular weight is 208 g/mol. The topological polar surface area (TPSA) is 35.5 Å². The Hall–Kier alpha value is -0.930. The van der Waals surface area contributed by atoms with E-state index in [0.29, 0.717) is 26.2 Å². The fraction of sp³-hybridized carbons (Fsp3) is 0.583. The maximum absolute atomic E-state index is 11.1. The molecule has 1 saturated heterocycles. The van der Waals surface area contributed by atoms with Gasteiger partial charge in [-0.3, -0.25) is 0 Å². The van der Waals surface area contributed by atoms with Crippen LogP contribution in [-0.2, 0) is 14.3 Å². The maximum Gasteiger partial charge on any atom is 0.154 e. The molecule has 1 fully saturated rings. The van der Waals surface area contributed by atoms with Crippen molar-refractivity contribution in [3.05, 3.63) is 23.8 Å². The molecule has 1 heterocycles. The lowest BCUT2D eigenvalue weighted by molar-refractivity contribution is -0.164. The number of hydrogen-bond acceptors (Lipinski definition) is 3. The lowest BCUT2D eigenvalue weighted by atomic mass is 9.91. The third-order valence-electron chi connectivity index (χ3n) is 2.80. The van der Waals surface area contributed by atoms with Gasteiger partial charge in [-0.1, -0.05) is 23.8 Å². The maximum atomic E-state index is 11.1. The van der Waals surface area contributed by atoms with E-state index in [1.165, 1.54) is 5.57 Å². The number of ether oxygens (including phenoxy) is 2. The van der Waals surface area contributed by atoms with Crippen molar-refractivity contribution in [1.29, 1.82) is 0 Å². The zero-order valence-electron chi connectivity index (χ0n) is 8.78. The average Bonchev–Trinajstić information content (AvgIpc) is 2.32. The predicted molar refractivity (Wildman–Crippen MR) is 56.6 cm³/mol. The zero-order valence-corrected chi connectivity index (χ0v) is 8.78. The Bertz CT molecular complexity index is 285. The van der Waals surface area contributed by atoms with Crippen LogP contribution in [0.15, 0.2) is 23.8 Å². The van der Waals surface area contributed by atoms with Gasteiger partial charge in [-0.25, -0.2) is 0 Å². The zero-order chi connectivity index (χ0) is 10.6. The van der Waals surface area contributed by atoms with E-state index in [0.717, 1.165) is 19.1 Å². The number of carbonyl (C=O) groups excluding carboxylic acids is 1. The molecule has 1 aliphatic carbocycles. The summed E-state index contributed by atoms with van der Waals surface area (Å²) in [4.78, 5) is 11.1. The van der Waals surface area contributed by atoms with Crippen molar-refractivity contribution in [1.82, 2.24) is 0 Å². The fourth-order valence-electron chi connectivity index (χ4n) is 1.99. The smallest absolute Gasteiger partial charge is 0.154 e. The molecule has 2 aliphatic rings. The Morgan fingerprint density at radius 1 is 1.47 bits per heavy atom. The highest BCUT2D eigenvalue weighted by atomic mass is 16.6. The van der Waals surface area contributed by atoms with Crippen molar-refractivity contribution in [3.8, 4) is 0 Å². The molecular formula is C12H16O3. The summed E-state index contributed by atoms with van der Waals surface area (Å²) >= 11 is 0. The summed E-state index contributed by atoms with van der Waals surface area (Å²) in [6.45, 7) is 1.49.